The molecule has 1 N–H and O–H groups in total. The standard InChI is InChI=1S/C12H19NO/c1-3-4-5-8-11(14)12(2)9-6-7-10-13-12/h13H,5-10H2,1-2H3. The molecular weight excluding hydrogens is 174 g/mol. The molecule has 0 aromatic rings. The molecule has 0 bridgehead atoms. The van der Waals surface area contributed by atoms with Crippen molar-refractivity contribution < 1.29 is 4.79 Å². The molecule has 0 radical (unpaired) electrons. The third kappa shape index (κ3) is 2.85. The minimum Gasteiger partial charge on any atom is -0.305 e. The van der Waals surface area contributed by atoms with Gasteiger partial charge in [0.15, 0.2) is 5.78 Å². The highest BCUT2D eigenvalue weighted by molar-refractivity contribution is 5.88. The number of carbonyl (C=O) groups excluding carboxylic acids is 1. The van der Waals surface area contributed by atoms with E-state index >= 15 is 0 Å². The molecule has 0 aromatic carbocycles. The highest BCUT2D eigenvalue weighted by Gasteiger charge is 2.32. The van der Waals surface area contributed by atoms with Gasteiger partial charge in [-0.3, -0.25) is 4.79 Å². The number of hydrogen-bond donors (Lipinski definition) is 1. The molecule has 0 aliphatic carbocycles. The monoisotopic (exact) mass is 193 g/mol. The molecule has 78 valence electrons. The van der Waals surface area contributed by atoms with Crippen LogP contribution in [-0.2, 0) is 4.79 Å². The quantitative estimate of drug-likeness (QED) is 0.693. The number of piperidine rings is 1. The fraction of sp³-hybridized carbons (Fsp3) is 0.750. The summed E-state index contributed by atoms with van der Waals surface area (Å²) in [7, 11) is 0. The number of rotatable bonds is 3. The van der Waals surface area contributed by atoms with Gasteiger partial charge in [0, 0.05) is 12.8 Å². The normalized spacial score (nSPS) is 26.4. The molecule has 0 spiro atoms. The van der Waals surface area contributed by atoms with Gasteiger partial charge in [-0.1, -0.05) is 0 Å². The Morgan fingerprint density at radius 1 is 1.50 bits per heavy atom. The van der Waals surface area contributed by atoms with Crippen LogP contribution in [0, 0.1) is 11.8 Å². The zero-order valence-electron chi connectivity index (χ0n) is 9.15. The SMILES string of the molecule is CC#CCCC(=O)C1(C)CCCCN1. The zero-order valence-corrected chi connectivity index (χ0v) is 9.15. The highest BCUT2D eigenvalue weighted by Crippen LogP contribution is 2.21. The molecule has 0 aromatic heterocycles. The molecule has 1 aliphatic rings. The Labute approximate surface area is 86.5 Å². The van der Waals surface area contributed by atoms with Gasteiger partial charge in [-0.15, -0.1) is 11.8 Å². The van der Waals surface area contributed by atoms with E-state index in [4.69, 9.17) is 0 Å². The van der Waals surface area contributed by atoms with E-state index in [1.54, 1.807) is 0 Å². The number of ketones is 1. The third-order valence-electron chi connectivity index (χ3n) is 2.89. The van der Waals surface area contributed by atoms with Gasteiger partial charge in [0.2, 0.25) is 0 Å². The van der Waals surface area contributed by atoms with E-state index in [9.17, 15) is 4.79 Å². The lowest BCUT2D eigenvalue weighted by molar-refractivity contribution is -0.125. The first-order chi connectivity index (χ1) is 6.69. The molecule has 0 saturated carbocycles. The summed E-state index contributed by atoms with van der Waals surface area (Å²) in [4.78, 5) is 11.9. The van der Waals surface area contributed by atoms with Crippen LogP contribution in [0.25, 0.3) is 0 Å². The molecule has 2 nitrogen and oxygen atoms in total. The van der Waals surface area contributed by atoms with Crippen molar-refractivity contribution in [2.45, 2.75) is 51.5 Å². The van der Waals surface area contributed by atoms with Crippen LogP contribution >= 0.6 is 0 Å². The van der Waals surface area contributed by atoms with E-state index in [0.717, 1.165) is 19.4 Å². The molecule has 1 aliphatic heterocycles. The summed E-state index contributed by atoms with van der Waals surface area (Å²) in [5.41, 5.74) is -0.270. The lowest BCUT2D eigenvalue weighted by Gasteiger charge is -2.33. The summed E-state index contributed by atoms with van der Waals surface area (Å²) >= 11 is 0. The van der Waals surface area contributed by atoms with E-state index in [2.05, 4.69) is 17.2 Å². The summed E-state index contributed by atoms with van der Waals surface area (Å²) in [6, 6.07) is 0. The predicted molar refractivity (Wildman–Crippen MR) is 57.9 cm³/mol. The Hall–Kier alpha value is -0.810. The van der Waals surface area contributed by atoms with Gasteiger partial charge in [0.25, 0.3) is 0 Å². The first-order valence-corrected chi connectivity index (χ1v) is 5.37. The molecule has 1 rings (SSSR count). The first kappa shape index (κ1) is 11.3. The number of hydrogen-bond acceptors (Lipinski definition) is 2. The summed E-state index contributed by atoms with van der Waals surface area (Å²) in [5, 5.41) is 3.32. The number of Topliss-reactive ketones (excluding diaryl/α,β-unsaturated/α-hetero) is 1. The van der Waals surface area contributed by atoms with Gasteiger partial charge >= 0.3 is 0 Å². The Balaban J connectivity index is 2.43. The minimum atomic E-state index is -0.270. The smallest absolute Gasteiger partial charge is 0.153 e. The van der Waals surface area contributed by atoms with Crippen LogP contribution < -0.4 is 5.32 Å². The third-order valence-corrected chi connectivity index (χ3v) is 2.89. The molecule has 1 heterocycles. The molecular formula is C12H19NO. The average molecular weight is 193 g/mol. The fourth-order valence-corrected chi connectivity index (χ4v) is 1.87. The molecule has 1 saturated heterocycles. The summed E-state index contributed by atoms with van der Waals surface area (Å²) < 4.78 is 0. The lowest BCUT2D eigenvalue weighted by atomic mass is 9.85. The highest BCUT2D eigenvalue weighted by atomic mass is 16.1. The maximum Gasteiger partial charge on any atom is 0.153 e. The Bertz CT molecular complexity index is 253. The van der Waals surface area contributed by atoms with Crippen LogP contribution in [0.5, 0.6) is 0 Å². The zero-order chi connectivity index (χ0) is 10.4. The van der Waals surface area contributed by atoms with Crippen LogP contribution in [0.15, 0.2) is 0 Å². The average Bonchev–Trinajstić information content (AvgIpc) is 2.19. The van der Waals surface area contributed by atoms with Crippen molar-refractivity contribution in [3.8, 4) is 11.8 Å². The first-order valence-electron chi connectivity index (χ1n) is 5.37. The second-order valence-corrected chi connectivity index (χ2v) is 4.07. The maximum atomic E-state index is 11.9. The molecule has 1 atom stereocenters. The van der Waals surface area contributed by atoms with E-state index in [-0.39, 0.29) is 5.54 Å². The van der Waals surface area contributed by atoms with Gasteiger partial charge in [-0.05, 0) is 39.7 Å². The number of nitrogens with one attached hydrogen (secondary N) is 1. The fourth-order valence-electron chi connectivity index (χ4n) is 1.87. The second kappa shape index (κ2) is 5.17. The maximum absolute atomic E-state index is 11.9. The van der Waals surface area contributed by atoms with Crippen LogP contribution in [0.1, 0.15) is 46.0 Å². The van der Waals surface area contributed by atoms with Crippen molar-refractivity contribution >= 4 is 5.78 Å². The summed E-state index contributed by atoms with van der Waals surface area (Å²) in [5.74, 6) is 6.07. The van der Waals surface area contributed by atoms with E-state index in [0.29, 0.717) is 18.6 Å². The molecule has 2 heteroatoms. The van der Waals surface area contributed by atoms with Crippen molar-refractivity contribution in [3.05, 3.63) is 0 Å². The van der Waals surface area contributed by atoms with Gasteiger partial charge < -0.3 is 5.32 Å². The van der Waals surface area contributed by atoms with Gasteiger partial charge in [0.1, 0.15) is 0 Å². The van der Waals surface area contributed by atoms with Crippen LogP contribution in [0.4, 0.5) is 0 Å². The molecule has 1 unspecified atom stereocenters. The van der Waals surface area contributed by atoms with Crippen LogP contribution in [0.3, 0.4) is 0 Å². The molecule has 0 amide bonds. The van der Waals surface area contributed by atoms with E-state index < -0.39 is 0 Å². The Kier molecular flexibility index (Phi) is 4.16. The van der Waals surface area contributed by atoms with Crippen molar-refractivity contribution in [3.63, 3.8) is 0 Å². The Morgan fingerprint density at radius 3 is 2.86 bits per heavy atom. The van der Waals surface area contributed by atoms with E-state index in [1.807, 2.05) is 13.8 Å². The predicted octanol–water partition coefficient (Wildman–Crippen LogP) is 1.89. The number of carbonyl (C=O) groups is 1. The van der Waals surface area contributed by atoms with Gasteiger partial charge in [-0.2, -0.15) is 0 Å². The van der Waals surface area contributed by atoms with Crippen molar-refractivity contribution in [1.82, 2.24) is 5.32 Å². The summed E-state index contributed by atoms with van der Waals surface area (Å²) in [6.07, 6.45) is 4.62. The minimum absolute atomic E-state index is 0.270. The second-order valence-electron chi connectivity index (χ2n) is 4.07. The summed E-state index contributed by atoms with van der Waals surface area (Å²) in [6.45, 7) is 4.81. The topological polar surface area (TPSA) is 29.1 Å². The van der Waals surface area contributed by atoms with Crippen molar-refractivity contribution in [2.24, 2.45) is 0 Å². The van der Waals surface area contributed by atoms with Crippen LogP contribution in [-0.4, -0.2) is 17.9 Å². The van der Waals surface area contributed by atoms with Crippen molar-refractivity contribution in [1.29, 1.82) is 0 Å². The largest absolute Gasteiger partial charge is 0.305 e. The lowest BCUT2D eigenvalue weighted by Crippen LogP contribution is -2.52. The van der Waals surface area contributed by atoms with Crippen molar-refractivity contribution in [2.75, 3.05) is 6.54 Å². The van der Waals surface area contributed by atoms with Gasteiger partial charge in [-0.25, -0.2) is 0 Å². The Morgan fingerprint density at radius 2 is 2.29 bits per heavy atom. The van der Waals surface area contributed by atoms with E-state index in [1.165, 1.54) is 6.42 Å². The van der Waals surface area contributed by atoms with Gasteiger partial charge in [0.05, 0.1) is 5.54 Å². The molecule has 14 heavy (non-hydrogen) atoms. The van der Waals surface area contributed by atoms with Crippen LogP contribution in [0.2, 0.25) is 0 Å². The molecule has 1 fully saturated rings.